The van der Waals surface area contributed by atoms with Gasteiger partial charge >= 0.3 is 0 Å². The Labute approximate surface area is 140 Å². The van der Waals surface area contributed by atoms with E-state index in [1.807, 2.05) is 30.3 Å². The molecule has 5 nitrogen and oxygen atoms in total. The highest BCUT2D eigenvalue weighted by Gasteiger charge is 2.16. The van der Waals surface area contributed by atoms with Crippen molar-refractivity contribution in [1.29, 1.82) is 0 Å². The minimum atomic E-state index is -0.178. The molecule has 0 saturated carbocycles. The number of benzene rings is 2. The van der Waals surface area contributed by atoms with Crippen LogP contribution < -0.4 is 5.56 Å². The summed E-state index contributed by atoms with van der Waals surface area (Å²) in [6.45, 7) is 0.376. The molecule has 0 amide bonds. The first-order chi connectivity index (χ1) is 11.1. The third kappa shape index (κ3) is 2.29. The van der Waals surface area contributed by atoms with Gasteiger partial charge in [0, 0.05) is 5.02 Å². The van der Waals surface area contributed by atoms with Crippen LogP contribution in [0, 0.1) is 0 Å². The topological polar surface area (TPSA) is 52.2 Å². The molecule has 0 aliphatic heterocycles. The number of rotatable bonds is 2. The first kappa shape index (κ1) is 14.2. The third-order valence-electron chi connectivity index (χ3n) is 3.71. The first-order valence-corrected chi connectivity index (χ1v) is 7.67. The summed E-state index contributed by atoms with van der Waals surface area (Å²) in [5.74, 6) is 0.402. The van der Waals surface area contributed by atoms with Gasteiger partial charge in [-0.2, -0.15) is 0 Å². The molecule has 23 heavy (non-hydrogen) atoms. The predicted molar refractivity (Wildman–Crippen MR) is 90.3 cm³/mol. The monoisotopic (exact) mass is 344 g/mol. The largest absolute Gasteiger partial charge is 0.272 e. The smallest absolute Gasteiger partial charge is 0.263 e. The number of aromatic nitrogens is 4. The molecule has 2 aromatic heterocycles. The van der Waals surface area contributed by atoms with Crippen molar-refractivity contribution >= 4 is 39.9 Å². The summed E-state index contributed by atoms with van der Waals surface area (Å²) in [6, 6.07) is 14.8. The van der Waals surface area contributed by atoms with Gasteiger partial charge in [-0.25, -0.2) is 0 Å². The van der Waals surface area contributed by atoms with E-state index in [1.165, 1.54) is 0 Å². The Morgan fingerprint density at radius 1 is 1.00 bits per heavy atom. The molecule has 0 unspecified atom stereocenters. The van der Waals surface area contributed by atoms with E-state index in [0.29, 0.717) is 28.2 Å². The maximum Gasteiger partial charge on any atom is 0.263 e. The molecule has 2 heterocycles. The Balaban J connectivity index is 2.09. The highest BCUT2D eigenvalue weighted by Crippen LogP contribution is 2.21. The lowest BCUT2D eigenvalue weighted by Gasteiger charge is -2.10. The lowest BCUT2D eigenvalue weighted by Crippen LogP contribution is -2.23. The summed E-state index contributed by atoms with van der Waals surface area (Å²) in [5, 5.41) is 9.12. The van der Waals surface area contributed by atoms with Crippen LogP contribution in [0.1, 0.15) is 5.56 Å². The second-order valence-electron chi connectivity index (χ2n) is 5.14. The van der Waals surface area contributed by atoms with Crippen LogP contribution in [0.3, 0.4) is 0 Å². The summed E-state index contributed by atoms with van der Waals surface area (Å²) in [4.78, 5) is 12.9. The van der Waals surface area contributed by atoms with Gasteiger partial charge in [-0.15, -0.1) is 10.2 Å². The van der Waals surface area contributed by atoms with E-state index in [1.54, 1.807) is 27.2 Å². The Hall–Kier alpha value is -2.37. The average Bonchev–Trinajstić information content (AvgIpc) is 2.94. The van der Waals surface area contributed by atoms with Crippen LogP contribution in [0.5, 0.6) is 0 Å². The molecule has 4 aromatic rings. The van der Waals surface area contributed by atoms with Crippen molar-refractivity contribution in [2.45, 2.75) is 6.54 Å². The number of hydrogen-bond acceptors (Lipinski definition) is 3. The van der Waals surface area contributed by atoms with E-state index in [0.717, 1.165) is 5.56 Å². The SMILES string of the molecule is O=c1c2cc(Cl)ccc2n2c(Cl)nnc2n1Cc1ccccc1. The summed E-state index contributed by atoms with van der Waals surface area (Å²) >= 11 is 12.2. The molecule has 2 aromatic carbocycles. The second kappa shape index (κ2) is 5.37. The molecule has 0 saturated heterocycles. The quantitative estimate of drug-likeness (QED) is 0.560. The molecule has 114 valence electrons. The van der Waals surface area contributed by atoms with E-state index in [-0.39, 0.29) is 10.8 Å². The fraction of sp³-hybridized carbons (Fsp3) is 0.0625. The standard InChI is InChI=1S/C16H10Cl2N4O/c17-11-6-7-13-12(8-11)14(23)21(9-10-4-2-1-3-5-10)16-20-19-15(18)22(13)16/h1-8H,9H2. The van der Waals surface area contributed by atoms with Gasteiger partial charge in [-0.05, 0) is 35.4 Å². The molecule has 0 bridgehead atoms. The van der Waals surface area contributed by atoms with Crippen LogP contribution in [0.15, 0.2) is 53.3 Å². The predicted octanol–water partition coefficient (Wildman–Crippen LogP) is 3.40. The molecule has 0 atom stereocenters. The van der Waals surface area contributed by atoms with Gasteiger partial charge in [0.15, 0.2) is 0 Å². The van der Waals surface area contributed by atoms with Crippen LogP contribution in [0.25, 0.3) is 16.7 Å². The van der Waals surface area contributed by atoms with Crippen LogP contribution in [0.4, 0.5) is 0 Å². The number of nitrogens with zero attached hydrogens (tertiary/aromatic N) is 4. The molecule has 7 heteroatoms. The van der Waals surface area contributed by atoms with E-state index < -0.39 is 0 Å². The molecule has 4 rings (SSSR count). The van der Waals surface area contributed by atoms with Crippen LogP contribution in [-0.4, -0.2) is 19.2 Å². The number of hydrogen-bond donors (Lipinski definition) is 0. The van der Waals surface area contributed by atoms with E-state index in [2.05, 4.69) is 10.2 Å². The maximum atomic E-state index is 12.9. The van der Waals surface area contributed by atoms with Gasteiger partial charge in [-0.1, -0.05) is 41.9 Å². The lowest BCUT2D eigenvalue weighted by atomic mass is 10.2. The van der Waals surface area contributed by atoms with Crippen molar-refractivity contribution in [3.05, 3.63) is 74.8 Å². The Morgan fingerprint density at radius 3 is 2.57 bits per heavy atom. The lowest BCUT2D eigenvalue weighted by molar-refractivity contribution is 0.766. The van der Waals surface area contributed by atoms with E-state index in [9.17, 15) is 4.79 Å². The van der Waals surface area contributed by atoms with Crippen LogP contribution in [-0.2, 0) is 6.54 Å². The molecule has 0 aliphatic rings. The summed E-state index contributed by atoms with van der Waals surface area (Å²) in [5.41, 5.74) is 1.44. The number of fused-ring (bicyclic) bond motifs is 3. The Kier molecular flexibility index (Phi) is 3.32. The zero-order valence-corrected chi connectivity index (χ0v) is 13.3. The highest BCUT2D eigenvalue weighted by molar-refractivity contribution is 6.31. The van der Waals surface area contributed by atoms with Crippen LogP contribution >= 0.6 is 23.2 Å². The van der Waals surface area contributed by atoms with Gasteiger partial charge in [0.05, 0.1) is 17.4 Å². The van der Waals surface area contributed by atoms with Gasteiger partial charge in [0.1, 0.15) is 0 Å². The fourth-order valence-corrected chi connectivity index (χ4v) is 3.04. The minimum Gasteiger partial charge on any atom is -0.272 e. The molecule has 0 fully saturated rings. The molecular weight excluding hydrogens is 335 g/mol. The molecule has 0 N–H and O–H groups in total. The van der Waals surface area contributed by atoms with Crippen molar-refractivity contribution in [3.8, 4) is 0 Å². The average molecular weight is 345 g/mol. The van der Waals surface area contributed by atoms with Crippen molar-refractivity contribution < 1.29 is 0 Å². The molecule has 0 aliphatic carbocycles. The molecular formula is C16H10Cl2N4O. The van der Waals surface area contributed by atoms with Crippen molar-refractivity contribution in [2.75, 3.05) is 0 Å². The first-order valence-electron chi connectivity index (χ1n) is 6.92. The zero-order valence-electron chi connectivity index (χ0n) is 11.8. The number of halogens is 2. The summed E-state index contributed by atoms with van der Waals surface area (Å²) in [6.07, 6.45) is 0. The van der Waals surface area contributed by atoms with Gasteiger partial charge in [0.2, 0.25) is 11.1 Å². The van der Waals surface area contributed by atoms with E-state index in [4.69, 9.17) is 23.2 Å². The minimum absolute atomic E-state index is 0.178. The van der Waals surface area contributed by atoms with Crippen molar-refractivity contribution in [3.63, 3.8) is 0 Å². The Morgan fingerprint density at radius 2 is 1.78 bits per heavy atom. The van der Waals surface area contributed by atoms with Crippen molar-refractivity contribution in [2.24, 2.45) is 0 Å². The summed E-state index contributed by atoms with van der Waals surface area (Å²) < 4.78 is 3.20. The summed E-state index contributed by atoms with van der Waals surface area (Å²) in [7, 11) is 0. The van der Waals surface area contributed by atoms with E-state index >= 15 is 0 Å². The Bertz CT molecular complexity index is 1090. The fourth-order valence-electron chi connectivity index (χ4n) is 2.66. The third-order valence-corrected chi connectivity index (χ3v) is 4.19. The van der Waals surface area contributed by atoms with Crippen molar-refractivity contribution in [1.82, 2.24) is 19.2 Å². The van der Waals surface area contributed by atoms with Crippen LogP contribution in [0.2, 0.25) is 10.3 Å². The van der Waals surface area contributed by atoms with Gasteiger partial charge in [-0.3, -0.25) is 13.8 Å². The molecule has 0 radical (unpaired) electrons. The zero-order chi connectivity index (χ0) is 16.0. The maximum absolute atomic E-state index is 12.9. The normalized spacial score (nSPS) is 11.4. The molecule has 0 spiro atoms. The van der Waals surface area contributed by atoms with Gasteiger partial charge < -0.3 is 0 Å². The highest BCUT2D eigenvalue weighted by atomic mass is 35.5. The van der Waals surface area contributed by atoms with Gasteiger partial charge in [0.25, 0.3) is 5.56 Å². The second-order valence-corrected chi connectivity index (χ2v) is 5.92.